The van der Waals surface area contributed by atoms with E-state index in [-0.39, 0.29) is 6.61 Å². The van der Waals surface area contributed by atoms with Gasteiger partial charge in [-0.1, -0.05) is 28.1 Å². The Balaban J connectivity index is 2.75. The third-order valence-electron chi connectivity index (χ3n) is 2.16. The molecule has 0 aliphatic carbocycles. The first-order chi connectivity index (χ1) is 6.76. The maximum Gasteiger partial charge on any atom is 0.0711 e. The second-order valence-electron chi connectivity index (χ2n) is 2.96. The van der Waals surface area contributed by atoms with Crippen molar-refractivity contribution in [3.63, 3.8) is 0 Å². The van der Waals surface area contributed by atoms with Crippen LogP contribution in [0.2, 0.25) is 0 Å². The minimum atomic E-state index is 0.104. The predicted molar refractivity (Wildman–Crippen MR) is 68.1 cm³/mol. The van der Waals surface area contributed by atoms with E-state index in [0.29, 0.717) is 0 Å². The molecule has 0 saturated carbocycles. The van der Waals surface area contributed by atoms with Crippen LogP contribution in [0.4, 0.5) is 0 Å². The summed E-state index contributed by atoms with van der Waals surface area (Å²) in [6, 6.07) is 6.14. The lowest BCUT2D eigenvalue weighted by atomic mass is 10.1. The second kappa shape index (κ2) is 4.31. The van der Waals surface area contributed by atoms with Gasteiger partial charge in [-0.3, -0.25) is 0 Å². The minimum Gasteiger partial charge on any atom is -0.392 e. The van der Waals surface area contributed by atoms with Gasteiger partial charge in [0.05, 0.1) is 10.4 Å². The minimum absolute atomic E-state index is 0.104. The molecule has 0 aliphatic heterocycles. The maximum atomic E-state index is 9.19. The molecule has 0 aliphatic rings. The molecule has 74 valence electrons. The quantitative estimate of drug-likeness (QED) is 0.821. The number of hydrogen-bond acceptors (Lipinski definition) is 2. The molecule has 2 aromatic rings. The van der Waals surface area contributed by atoms with Crippen molar-refractivity contribution in [3.8, 4) is 0 Å². The topological polar surface area (TPSA) is 20.2 Å². The standard InChI is InChI=1S/C10H8Br2OS/c11-4-8-7(5-13)2-1-6-3-9(12)14-10(6)8/h1-3,13H,4-5H2. The fourth-order valence-electron chi connectivity index (χ4n) is 1.46. The molecule has 0 saturated heterocycles. The molecule has 1 aromatic carbocycles. The summed E-state index contributed by atoms with van der Waals surface area (Å²) in [4.78, 5) is 0. The van der Waals surface area contributed by atoms with Gasteiger partial charge in [-0.15, -0.1) is 11.3 Å². The molecule has 1 aromatic heterocycles. The predicted octanol–water partition coefficient (Wildman–Crippen LogP) is 4.05. The number of benzene rings is 1. The van der Waals surface area contributed by atoms with Gasteiger partial charge >= 0.3 is 0 Å². The van der Waals surface area contributed by atoms with Gasteiger partial charge in [-0.2, -0.15) is 0 Å². The molecule has 1 N–H and O–H groups in total. The first kappa shape index (κ1) is 10.6. The van der Waals surface area contributed by atoms with Crippen LogP contribution in [0, 0.1) is 0 Å². The first-order valence-electron chi connectivity index (χ1n) is 4.13. The Morgan fingerprint density at radius 3 is 2.79 bits per heavy atom. The SMILES string of the molecule is OCc1ccc2cc(Br)sc2c1CBr. The van der Waals surface area contributed by atoms with Crippen molar-refractivity contribution >= 4 is 53.3 Å². The molecule has 0 unspecified atom stereocenters. The van der Waals surface area contributed by atoms with Crippen LogP contribution in [0.5, 0.6) is 0 Å². The van der Waals surface area contributed by atoms with Crippen LogP contribution in [0.15, 0.2) is 22.0 Å². The Morgan fingerprint density at radius 1 is 1.36 bits per heavy atom. The molecule has 1 nitrogen and oxygen atoms in total. The molecule has 0 radical (unpaired) electrons. The van der Waals surface area contributed by atoms with Gasteiger partial charge in [0, 0.05) is 10.0 Å². The van der Waals surface area contributed by atoms with Gasteiger partial charge in [0.1, 0.15) is 0 Å². The summed E-state index contributed by atoms with van der Waals surface area (Å²) in [5.74, 6) is 0. The lowest BCUT2D eigenvalue weighted by molar-refractivity contribution is 0.281. The van der Waals surface area contributed by atoms with Crippen molar-refractivity contribution in [1.82, 2.24) is 0 Å². The summed E-state index contributed by atoms with van der Waals surface area (Å²) in [6.07, 6.45) is 0. The van der Waals surface area contributed by atoms with E-state index in [4.69, 9.17) is 0 Å². The van der Waals surface area contributed by atoms with E-state index >= 15 is 0 Å². The van der Waals surface area contributed by atoms with Gasteiger partial charge in [0.25, 0.3) is 0 Å². The Labute approximate surface area is 103 Å². The number of rotatable bonds is 2. The molecular formula is C10H8Br2OS. The van der Waals surface area contributed by atoms with Crippen LogP contribution in [0.1, 0.15) is 11.1 Å². The van der Waals surface area contributed by atoms with Crippen LogP contribution >= 0.6 is 43.2 Å². The van der Waals surface area contributed by atoms with E-state index in [1.54, 1.807) is 11.3 Å². The van der Waals surface area contributed by atoms with Crippen molar-refractivity contribution in [3.05, 3.63) is 33.1 Å². The van der Waals surface area contributed by atoms with Crippen LogP contribution in [0.25, 0.3) is 10.1 Å². The average Bonchev–Trinajstić information content (AvgIpc) is 2.56. The molecular weight excluding hydrogens is 328 g/mol. The highest BCUT2D eigenvalue weighted by Crippen LogP contribution is 2.34. The van der Waals surface area contributed by atoms with Crippen LogP contribution in [-0.2, 0) is 11.9 Å². The molecule has 0 atom stereocenters. The number of thiophene rings is 1. The fourth-order valence-corrected chi connectivity index (χ4v) is 3.98. The summed E-state index contributed by atoms with van der Waals surface area (Å²) in [7, 11) is 0. The Bertz CT molecular complexity index is 464. The third kappa shape index (κ3) is 1.76. The summed E-state index contributed by atoms with van der Waals surface area (Å²) in [5.41, 5.74) is 2.20. The molecule has 0 bridgehead atoms. The van der Waals surface area contributed by atoms with Crippen LogP contribution in [-0.4, -0.2) is 5.11 Å². The van der Waals surface area contributed by atoms with E-state index < -0.39 is 0 Å². The maximum absolute atomic E-state index is 9.19. The summed E-state index contributed by atoms with van der Waals surface area (Å²) in [5, 5.41) is 11.2. The smallest absolute Gasteiger partial charge is 0.0711 e. The van der Waals surface area contributed by atoms with Gasteiger partial charge in [-0.05, 0) is 38.5 Å². The molecule has 0 spiro atoms. The third-order valence-corrected chi connectivity index (χ3v) is 4.43. The summed E-state index contributed by atoms with van der Waals surface area (Å²) >= 11 is 8.64. The molecule has 4 heteroatoms. The highest BCUT2D eigenvalue weighted by atomic mass is 79.9. The lowest BCUT2D eigenvalue weighted by Gasteiger charge is -2.04. The normalized spacial score (nSPS) is 11.1. The van der Waals surface area contributed by atoms with E-state index in [1.165, 1.54) is 15.6 Å². The van der Waals surface area contributed by atoms with Crippen molar-refractivity contribution in [1.29, 1.82) is 0 Å². The largest absolute Gasteiger partial charge is 0.392 e. The summed E-state index contributed by atoms with van der Waals surface area (Å²) < 4.78 is 2.38. The summed E-state index contributed by atoms with van der Waals surface area (Å²) in [6.45, 7) is 0.104. The monoisotopic (exact) mass is 334 g/mol. The number of aliphatic hydroxyl groups excluding tert-OH is 1. The Hall–Kier alpha value is 0.1000. The van der Waals surface area contributed by atoms with Crippen LogP contribution < -0.4 is 0 Å². The molecule has 14 heavy (non-hydrogen) atoms. The van der Waals surface area contributed by atoms with E-state index in [9.17, 15) is 5.11 Å². The first-order valence-corrected chi connectivity index (χ1v) is 6.86. The zero-order valence-corrected chi connectivity index (χ0v) is 11.2. The van der Waals surface area contributed by atoms with E-state index in [2.05, 4.69) is 37.9 Å². The Morgan fingerprint density at radius 2 is 2.14 bits per heavy atom. The highest BCUT2D eigenvalue weighted by molar-refractivity contribution is 9.11. The highest BCUT2D eigenvalue weighted by Gasteiger charge is 2.08. The van der Waals surface area contributed by atoms with Crippen molar-refractivity contribution < 1.29 is 5.11 Å². The molecule has 2 rings (SSSR count). The lowest BCUT2D eigenvalue weighted by Crippen LogP contribution is -1.90. The van der Waals surface area contributed by atoms with Crippen molar-refractivity contribution in [2.24, 2.45) is 0 Å². The Kier molecular flexibility index (Phi) is 3.27. The molecule has 1 heterocycles. The van der Waals surface area contributed by atoms with Crippen molar-refractivity contribution in [2.45, 2.75) is 11.9 Å². The molecule has 0 amide bonds. The van der Waals surface area contributed by atoms with Gasteiger partial charge in [0.15, 0.2) is 0 Å². The van der Waals surface area contributed by atoms with Gasteiger partial charge in [-0.25, -0.2) is 0 Å². The molecule has 0 fully saturated rings. The number of alkyl halides is 1. The van der Waals surface area contributed by atoms with Crippen molar-refractivity contribution in [2.75, 3.05) is 0 Å². The zero-order valence-electron chi connectivity index (χ0n) is 7.26. The van der Waals surface area contributed by atoms with Gasteiger partial charge < -0.3 is 5.11 Å². The average molecular weight is 336 g/mol. The number of fused-ring (bicyclic) bond motifs is 1. The van der Waals surface area contributed by atoms with E-state index in [0.717, 1.165) is 14.7 Å². The zero-order chi connectivity index (χ0) is 10.1. The second-order valence-corrected chi connectivity index (χ2v) is 5.96. The number of hydrogen-bond donors (Lipinski definition) is 1. The van der Waals surface area contributed by atoms with E-state index in [1.807, 2.05) is 12.1 Å². The fraction of sp³-hybridized carbons (Fsp3) is 0.200. The number of aliphatic hydroxyl groups is 1. The van der Waals surface area contributed by atoms with Crippen LogP contribution in [0.3, 0.4) is 0 Å². The van der Waals surface area contributed by atoms with Gasteiger partial charge in [0.2, 0.25) is 0 Å². The number of halogens is 2.